The summed E-state index contributed by atoms with van der Waals surface area (Å²) in [6, 6.07) is 9.42. The lowest BCUT2D eigenvalue weighted by molar-refractivity contribution is -0.142. The van der Waals surface area contributed by atoms with Crippen LogP contribution in [-0.2, 0) is 9.59 Å². The second-order valence-electron chi connectivity index (χ2n) is 10.8. The molecule has 2 amide bonds. The molecule has 0 spiro atoms. The van der Waals surface area contributed by atoms with Crippen molar-refractivity contribution in [1.82, 2.24) is 24.9 Å². The van der Waals surface area contributed by atoms with E-state index in [2.05, 4.69) is 27.0 Å². The van der Waals surface area contributed by atoms with Crippen molar-refractivity contribution in [1.29, 1.82) is 0 Å². The molecular formula is C28H41N5O3. The van der Waals surface area contributed by atoms with Crippen molar-refractivity contribution >= 4 is 11.8 Å². The summed E-state index contributed by atoms with van der Waals surface area (Å²) in [6.45, 7) is 8.53. The molecule has 0 bridgehead atoms. The SMILES string of the molecule is CC(C)C(C)C(=O)N1CCCC1C(=O)NC(CO)c1ccc(-c2ccnn2C2CCN(C)CC2)cc1. The first kappa shape index (κ1) is 26.4. The molecule has 2 fully saturated rings. The summed E-state index contributed by atoms with van der Waals surface area (Å²) in [7, 11) is 2.16. The zero-order valence-corrected chi connectivity index (χ0v) is 22.1. The number of amides is 2. The van der Waals surface area contributed by atoms with E-state index in [0.717, 1.165) is 49.2 Å². The monoisotopic (exact) mass is 495 g/mol. The summed E-state index contributed by atoms with van der Waals surface area (Å²) in [5, 5.41) is 17.7. The van der Waals surface area contributed by atoms with Crippen molar-refractivity contribution in [2.24, 2.45) is 11.8 Å². The minimum Gasteiger partial charge on any atom is -0.394 e. The van der Waals surface area contributed by atoms with Gasteiger partial charge in [0.2, 0.25) is 11.8 Å². The number of aromatic nitrogens is 2. The van der Waals surface area contributed by atoms with Gasteiger partial charge in [0.15, 0.2) is 0 Å². The first-order valence-corrected chi connectivity index (χ1v) is 13.3. The fourth-order valence-electron chi connectivity index (χ4n) is 5.31. The standard InChI is InChI=1S/C28H41N5O3/c1-19(2)20(3)28(36)32-15-5-6-26(32)27(35)30-24(18-34)21-7-9-22(10-8-21)25-11-14-29-33(25)23-12-16-31(4)17-13-23/h7-11,14,19-20,23-24,26,34H,5-6,12-13,15-18H2,1-4H3,(H,30,35). The normalized spacial score (nSPS) is 21.1. The minimum absolute atomic E-state index is 0.0359. The van der Waals surface area contributed by atoms with Gasteiger partial charge in [-0.05, 0) is 68.9 Å². The average Bonchev–Trinajstić information content (AvgIpc) is 3.57. The van der Waals surface area contributed by atoms with Gasteiger partial charge in [-0.2, -0.15) is 5.10 Å². The fourth-order valence-corrected chi connectivity index (χ4v) is 5.31. The van der Waals surface area contributed by atoms with Crippen molar-refractivity contribution in [3.63, 3.8) is 0 Å². The Morgan fingerprint density at radius 1 is 1.06 bits per heavy atom. The molecule has 2 saturated heterocycles. The number of rotatable bonds is 8. The summed E-state index contributed by atoms with van der Waals surface area (Å²) in [5.41, 5.74) is 2.99. The van der Waals surface area contributed by atoms with Crippen molar-refractivity contribution in [2.75, 3.05) is 33.3 Å². The molecule has 3 atom stereocenters. The molecule has 8 heteroatoms. The van der Waals surface area contributed by atoms with E-state index in [0.29, 0.717) is 19.0 Å². The van der Waals surface area contributed by atoms with Gasteiger partial charge in [-0.1, -0.05) is 45.0 Å². The Hall–Kier alpha value is -2.71. The molecule has 196 valence electrons. The van der Waals surface area contributed by atoms with Gasteiger partial charge in [-0.25, -0.2) is 0 Å². The summed E-state index contributed by atoms with van der Waals surface area (Å²) in [4.78, 5) is 30.2. The van der Waals surface area contributed by atoms with Crippen molar-refractivity contribution < 1.29 is 14.7 Å². The molecule has 2 aliphatic heterocycles. The van der Waals surface area contributed by atoms with Crippen LogP contribution in [-0.4, -0.2) is 75.8 Å². The van der Waals surface area contributed by atoms with Gasteiger partial charge < -0.3 is 20.2 Å². The first-order valence-electron chi connectivity index (χ1n) is 13.3. The number of likely N-dealkylation sites (tertiary alicyclic amines) is 2. The highest BCUT2D eigenvalue weighted by atomic mass is 16.3. The number of hydrogen-bond acceptors (Lipinski definition) is 5. The fraction of sp³-hybridized carbons (Fsp3) is 0.607. The number of nitrogens with zero attached hydrogens (tertiary/aromatic N) is 4. The lowest BCUT2D eigenvalue weighted by Gasteiger charge is -2.30. The number of piperidine rings is 1. The molecule has 4 rings (SSSR count). The summed E-state index contributed by atoms with van der Waals surface area (Å²) >= 11 is 0. The highest BCUT2D eigenvalue weighted by Gasteiger charge is 2.37. The third kappa shape index (κ3) is 5.65. The number of carbonyl (C=O) groups excluding carboxylic acids is 2. The Morgan fingerprint density at radius 2 is 1.75 bits per heavy atom. The molecule has 3 unspecified atom stereocenters. The Morgan fingerprint density at radius 3 is 2.39 bits per heavy atom. The molecular weight excluding hydrogens is 454 g/mol. The third-order valence-electron chi connectivity index (χ3n) is 8.04. The maximum atomic E-state index is 13.2. The number of carbonyl (C=O) groups is 2. The van der Waals surface area contributed by atoms with Gasteiger partial charge in [0.1, 0.15) is 6.04 Å². The number of hydrogen-bond donors (Lipinski definition) is 2. The van der Waals surface area contributed by atoms with Gasteiger partial charge in [-0.15, -0.1) is 0 Å². The Kier molecular flexibility index (Phi) is 8.46. The number of benzene rings is 1. The number of nitrogens with one attached hydrogen (secondary N) is 1. The van der Waals surface area contributed by atoms with E-state index in [1.807, 2.05) is 57.3 Å². The Labute approximate surface area is 214 Å². The maximum Gasteiger partial charge on any atom is 0.243 e. The highest BCUT2D eigenvalue weighted by molar-refractivity contribution is 5.89. The van der Waals surface area contributed by atoms with Crippen LogP contribution in [0.15, 0.2) is 36.5 Å². The second-order valence-corrected chi connectivity index (χ2v) is 10.8. The van der Waals surface area contributed by atoms with Gasteiger partial charge >= 0.3 is 0 Å². The van der Waals surface area contributed by atoms with E-state index in [4.69, 9.17) is 0 Å². The molecule has 2 N–H and O–H groups in total. The molecule has 2 aromatic rings. The quantitative estimate of drug-likeness (QED) is 0.587. The molecule has 2 aliphatic rings. The van der Waals surface area contributed by atoms with Crippen molar-refractivity contribution in [3.8, 4) is 11.3 Å². The van der Waals surface area contributed by atoms with E-state index < -0.39 is 12.1 Å². The first-order chi connectivity index (χ1) is 17.3. The minimum atomic E-state index is -0.523. The summed E-state index contributed by atoms with van der Waals surface area (Å²) in [6.07, 6.45) is 5.49. The zero-order valence-electron chi connectivity index (χ0n) is 22.1. The molecule has 0 saturated carbocycles. The molecule has 8 nitrogen and oxygen atoms in total. The maximum absolute atomic E-state index is 13.2. The lowest BCUT2D eigenvalue weighted by atomic mass is 9.96. The topological polar surface area (TPSA) is 90.7 Å². The second kappa shape index (κ2) is 11.6. The van der Waals surface area contributed by atoms with Crippen LogP contribution < -0.4 is 5.32 Å². The van der Waals surface area contributed by atoms with Crippen LogP contribution in [0.4, 0.5) is 0 Å². The number of aliphatic hydroxyl groups excluding tert-OH is 1. The van der Waals surface area contributed by atoms with Gasteiger partial charge in [0.25, 0.3) is 0 Å². The third-order valence-corrected chi connectivity index (χ3v) is 8.04. The Balaban J connectivity index is 1.43. The van der Waals surface area contributed by atoms with E-state index in [9.17, 15) is 14.7 Å². The van der Waals surface area contributed by atoms with Crippen LogP contribution in [0, 0.1) is 11.8 Å². The average molecular weight is 496 g/mol. The van der Waals surface area contributed by atoms with Gasteiger partial charge in [0.05, 0.1) is 24.4 Å². The zero-order chi connectivity index (χ0) is 25.8. The summed E-state index contributed by atoms with van der Waals surface area (Å²) < 4.78 is 2.14. The van der Waals surface area contributed by atoms with Crippen molar-refractivity contribution in [3.05, 3.63) is 42.1 Å². The smallest absolute Gasteiger partial charge is 0.243 e. The Bertz CT molecular complexity index is 1030. The van der Waals surface area contributed by atoms with E-state index in [1.54, 1.807) is 4.90 Å². The largest absolute Gasteiger partial charge is 0.394 e. The van der Waals surface area contributed by atoms with Crippen LogP contribution in [0.25, 0.3) is 11.3 Å². The van der Waals surface area contributed by atoms with E-state index in [1.165, 1.54) is 0 Å². The predicted octanol–water partition coefficient (Wildman–Crippen LogP) is 3.25. The number of aliphatic hydroxyl groups is 1. The molecule has 0 aliphatic carbocycles. The van der Waals surface area contributed by atoms with Gasteiger partial charge in [-0.3, -0.25) is 14.3 Å². The predicted molar refractivity (Wildman–Crippen MR) is 140 cm³/mol. The summed E-state index contributed by atoms with van der Waals surface area (Å²) in [5.74, 6) is -0.0575. The van der Waals surface area contributed by atoms with Crippen LogP contribution in [0.5, 0.6) is 0 Å². The lowest BCUT2D eigenvalue weighted by Crippen LogP contribution is -2.49. The van der Waals surface area contributed by atoms with Crippen LogP contribution in [0.1, 0.15) is 64.1 Å². The van der Waals surface area contributed by atoms with E-state index >= 15 is 0 Å². The van der Waals surface area contributed by atoms with Crippen LogP contribution in [0.3, 0.4) is 0 Å². The van der Waals surface area contributed by atoms with Crippen molar-refractivity contribution in [2.45, 2.75) is 64.6 Å². The van der Waals surface area contributed by atoms with Crippen LogP contribution in [0.2, 0.25) is 0 Å². The van der Waals surface area contributed by atoms with Crippen LogP contribution >= 0.6 is 0 Å². The molecule has 0 radical (unpaired) electrons. The van der Waals surface area contributed by atoms with Gasteiger partial charge in [0, 0.05) is 18.7 Å². The molecule has 3 heterocycles. The molecule has 1 aromatic heterocycles. The molecule has 36 heavy (non-hydrogen) atoms. The van der Waals surface area contributed by atoms with E-state index in [-0.39, 0.29) is 30.3 Å². The highest BCUT2D eigenvalue weighted by Crippen LogP contribution is 2.29. The molecule has 1 aromatic carbocycles.